The number of imide groups is 1. The first-order valence-corrected chi connectivity index (χ1v) is 6.67. The number of hydrogen-bond donors (Lipinski definition) is 2. The van der Waals surface area contributed by atoms with E-state index in [1.54, 1.807) is 0 Å². The molecule has 0 aromatic rings. The summed E-state index contributed by atoms with van der Waals surface area (Å²) in [4.78, 5) is 36.5. The quantitative estimate of drug-likeness (QED) is 0.548. The topological polar surface area (TPSA) is 94.9 Å². The Morgan fingerprint density at radius 3 is 2.55 bits per heavy atom. The van der Waals surface area contributed by atoms with Crippen molar-refractivity contribution < 1.29 is 24.6 Å². The van der Waals surface area contributed by atoms with Gasteiger partial charge in [-0.15, -0.1) is 0 Å². The van der Waals surface area contributed by atoms with Gasteiger partial charge in [0.2, 0.25) is 0 Å². The van der Waals surface area contributed by atoms with Crippen molar-refractivity contribution in [3.63, 3.8) is 0 Å². The van der Waals surface area contributed by atoms with E-state index < -0.39 is 29.9 Å². The van der Waals surface area contributed by atoms with E-state index in [1.165, 1.54) is 12.2 Å². The van der Waals surface area contributed by atoms with Crippen LogP contribution in [0.1, 0.15) is 32.6 Å². The third-order valence-corrected chi connectivity index (χ3v) is 3.48. The molecule has 0 saturated heterocycles. The Balaban J connectivity index is 2.20. The number of aliphatic hydroxyl groups is 2. The van der Waals surface area contributed by atoms with Crippen molar-refractivity contribution in [3.05, 3.63) is 23.3 Å². The second-order valence-electron chi connectivity index (χ2n) is 4.92. The van der Waals surface area contributed by atoms with Gasteiger partial charge in [0.1, 0.15) is 0 Å². The zero-order valence-electron chi connectivity index (χ0n) is 11.2. The van der Waals surface area contributed by atoms with Crippen molar-refractivity contribution in [2.75, 3.05) is 0 Å². The van der Waals surface area contributed by atoms with E-state index in [4.69, 9.17) is 0 Å². The summed E-state index contributed by atoms with van der Waals surface area (Å²) in [5.74, 6) is -1.97. The molecule has 0 radical (unpaired) electrons. The van der Waals surface area contributed by atoms with Crippen molar-refractivity contribution in [3.8, 4) is 0 Å². The number of nitrogens with zero attached hydrogens (tertiary/aromatic N) is 1. The second kappa shape index (κ2) is 5.68. The summed E-state index contributed by atoms with van der Waals surface area (Å²) in [5, 5.41) is 19.8. The lowest BCUT2D eigenvalue weighted by Crippen LogP contribution is -2.48. The van der Waals surface area contributed by atoms with Gasteiger partial charge in [-0.1, -0.05) is 31.9 Å². The molecule has 0 aromatic carbocycles. The van der Waals surface area contributed by atoms with Gasteiger partial charge < -0.3 is 10.2 Å². The fourth-order valence-electron chi connectivity index (χ4n) is 2.35. The summed E-state index contributed by atoms with van der Waals surface area (Å²) in [5.41, 5.74) is -0.174. The van der Waals surface area contributed by atoms with Gasteiger partial charge in [-0.25, -0.2) is 4.90 Å². The second-order valence-corrected chi connectivity index (χ2v) is 4.92. The summed E-state index contributed by atoms with van der Waals surface area (Å²) in [6.07, 6.45) is 1.94. The van der Waals surface area contributed by atoms with Crippen LogP contribution in [0.4, 0.5) is 0 Å². The number of Topliss-reactive ketones (excluding diaryl/α,β-unsaturated/α-hetero) is 1. The first-order valence-electron chi connectivity index (χ1n) is 6.67. The van der Waals surface area contributed by atoms with Crippen LogP contribution in [-0.4, -0.2) is 45.0 Å². The van der Waals surface area contributed by atoms with Gasteiger partial charge in [-0.05, 0) is 6.42 Å². The summed E-state index contributed by atoms with van der Waals surface area (Å²) < 4.78 is 0. The molecule has 2 unspecified atom stereocenters. The molecule has 20 heavy (non-hydrogen) atoms. The molecule has 6 heteroatoms. The summed E-state index contributed by atoms with van der Waals surface area (Å²) in [6, 6.07) is 0. The minimum Gasteiger partial charge on any atom is -0.388 e. The molecule has 1 heterocycles. The normalized spacial score (nSPS) is 21.6. The van der Waals surface area contributed by atoms with Crippen molar-refractivity contribution >= 4 is 17.6 Å². The van der Waals surface area contributed by atoms with Crippen LogP contribution < -0.4 is 0 Å². The zero-order valence-corrected chi connectivity index (χ0v) is 11.2. The molecule has 0 saturated carbocycles. The highest BCUT2D eigenvalue weighted by Gasteiger charge is 2.45. The van der Waals surface area contributed by atoms with Crippen LogP contribution >= 0.6 is 0 Å². The standard InChI is InChI=1S/C14H17NO5/c1-2-3-6-10(17)13(19)15-12(18)8-5-4-7-9(16)11(8)14(15)20/h4-5,10,13,17,19H,2-3,6-7H2,1H3. The van der Waals surface area contributed by atoms with E-state index in [9.17, 15) is 24.6 Å². The molecule has 2 atom stereocenters. The molecule has 1 aliphatic carbocycles. The van der Waals surface area contributed by atoms with Gasteiger partial charge in [-0.2, -0.15) is 0 Å². The minimum atomic E-state index is -1.62. The Hall–Kier alpha value is -1.79. The molecule has 2 N–H and O–H groups in total. The predicted octanol–water partition coefficient (Wildman–Crippen LogP) is 0.0503. The fourth-order valence-corrected chi connectivity index (χ4v) is 2.35. The minimum absolute atomic E-state index is 0.00740. The Morgan fingerprint density at radius 2 is 1.95 bits per heavy atom. The van der Waals surface area contributed by atoms with Crippen molar-refractivity contribution in [1.29, 1.82) is 0 Å². The lowest BCUT2D eigenvalue weighted by atomic mass is 9.98. The van der Waals surface area contributed by atoms with Gasteiger partial charge in [-0.3, -0.25) is 14.4 Å². The first kappa shape index (κ1) is 14.6. The third-order valence-electron chi connectivity index (χ3n) is 3.48. The van der Waals surface area contributed by atoms with Crippen molar-refractivity contribution in [2.45, 2.75) is 44.9 Å². The maximum atomic E-state index is 12.1. The largest absolute Gasteiger partial charge is 0.388 e. The van der Waals surface area contributed by atoms with E-state index in [1.807, 2.05) is 6.92 Å². The van der Waals surface area contributed by atoms with Gasteiger partial charge in [0, 0.05) is 6.42 Å². The monoisotopic (exact) mass is 279 g/mol. The Labute approximate surface area is 116 Å². The summed E-state index contributed by atoms with van der Waals surface area (Å²) >= 11 is 0. The van der Waals surface area contributed by atoms with E-state index >= 15 is 0 Å². The Kier molecular flexibility index (Phi) is 4.15. The molecule has 6 nitrogen and oxygen atoms in total. The molecule has 0 bridgehead atoms. The van der Waals surface area contributed by atoms with Gasteiger partial charge in [0.25, 0.3) is 11.8 Å². The van der Waals surface area contributed by atoms with Crippen LogP contribution in [0.5, 0.6) is 0 Å². The number of allylic oxidation sites excluding steroid dienone is 1. The van der Waals surface area contributed by atoms with Crippen LogP contribution in [0.2, 0.25) is 0 Å². The number of unbranched alkanes of at least 4 members (excludes halogenated alkanes) is 1. The fraction of sp³-hybridized carbons (Fsp3) is 0.500. The van der Waals surface area contributed by atoms with E-state index in [-0.39, 0.29) is 24.0 Å². The number of amides is 2. The van der Waals surface area contributed by atoms with E-state index in [0.717, 1.165) is 6.42 Å². The lowest BCUT2D eigenvalue weighted by molar-refractivity contribution is -0.157. The number of carbonyl (C=O) groups is 3. The average molecular weight is 279 g/mol. The molecule has 0 fully saturated rings. The van der Waals surface area contributed by atoms with Crippen LogP contribution in [-0.2, 0) is 14.4 Å². The molecule has 0 spiro atoms. The number of rotatable bonds is 5. The molecule has 2 aliphatic rings. The molecular weight excluding hydrogens is 262 g/mol. The molecular formula is C14H17NO5. The highest BCUT2D eigenvalue weighted by atomic mass is 16.4. The number of carbonyl (C=O) groups excluding carboxylic acids is 3. The van der Waals surface area contributed by atoms with E-state index in [0.29, 0.717) is 11.3 Å². The number of aliphatic hydroxyl groups excluding tert-OH is 2. The first-order chi connectivity index (χ1) is 9.49. The highest BCUT2D eigenvalue weighted by molar-refractivity contribution is 6.33. The highest BCUT2D eigenvalue weighted by Crippen LogP contribution is 2.29. The van der Waals surface area contributed by atoms with Crippen LogP contribution in [0.25, 0.3) is 0 Å². The van der Waals surface area contributed by atoms with Crippen molar-refractivity contribution in [1.82, 2.24) is 4.90 Å². The SMILES string of the molecule is CCCCC(O)C(O)N1C(=O)C2=C(C(=O)CC=C2)C1=O. The van der Waals surface area contributed by atoms with Crippen LogP contribution in [0.15, 0.2) is 23.3 Å². The lowest BCUT2D eigenvalue weighted by Gasteiger charge is -2.26. The molecule has 1 aliphatic heterocycles. The van der Waals surface area contributed by atoms with E-state index in [2.05, 4.69) is 0 Å². The zero-order chi connectivity index (χ0) is 14.9. The van der Waals surface area contributed by atoms with Crippen LogP contribution in [0.3, 0.4) is 0 Å². The van der Waals surface area contributed by atoms with Gasteiger partial charge in [0.05, 0.1) is 17.3 Å². The Morgan fingerprint density at radius 1 is 1.25 bits per heavy atom. The van der Waals surface area contributed by atoms with Crippen LogP contribution in [0, 0.1) is 0 Å². The smallest absolute Gasteiger partial charge is 0.267 e. The number of ketones is 1. The summed E-state index contributed by atoms with van der Waals surface area (Å²) in [7, 11) is 0. The van der Waals surface area contributed by atoms with Gasteiger partial charge in [0.15, 0.2) is 12.0 Å². The molecule has 2 rings (SSSR count). The van der Waals surface area contributed by atoms with Gasteiger partial charge >= 0.3 is 0 Å². The molecule has 2 amide bonds. The third kappa shape index (κ3) is 2.32. The summed E-state index contributed by atoms with van der Waals surface area (Å²) in [6.45, 7) is 1.93. The predicted molar refractivity (Wildman–Crippen MR) is 69.2 cm³/mol. The Bertz CT molecular complexity index is 520. The maximum absolute atomic E-state index is 12.1. The molecule has 108 valence electrons. The molecule has 0 aromatic heterocycles. The maximum Gasteiger partial charge on any atom is 0.267 e. The van der Waals surface area contributed by atoms with Crippen molar-refractivity contribution in [2.24, 2.45) is 0 Å². The average Bonchev–Trinajstić information content (AvgIpc) is 2.68. The number of hydrogen-bond acceptors (Lipinski definition) is 5.